The fourth-order valence-electron chi connectivity index (χ4n) is 6.09. The maximum Gasteiger partial charge on any atom is 0.318 e. The average Bonchev–Trinajstić information content (AvgIpc) is 3.58. The van der Waals surface area contributed by atoms with Crippen molar-refractivity contribution in [3.63, 3.8) is 0 Å². The van der Waals surface area contributed by atoms with Crippen LogP contribution >= 0.6 is 38.1 Å². The molecule has 2 aromatic carbocycles. The number of ketones is 1. The summed E-state index contributed by atoms with van der Waals surface area (Å²) in [6.45, 7) is 8.49. The highest BCUT2D eigenvalue weighted by Crippen LogP contribution is 2.36. The Bertz CT molecular complexity index is 1380. The molecule has 12 heteroatoms. The number of morpholine rings is 1. The summed E-state index contributed by atoms with van der Waals surface area (Å²) >= 11 is 1.63. The van der Waals surface area contributed by atoms with Crippen molar-refractivity contribution in [1.29, 1.82) is 0 Å². The van der Waals surface area contributed by atoms with E-state index in [0.29, 0.717) is 53.0 Å². The van der Waals surface area contributed by atoms with Crippen molar-refractivity contribution < 1.29 is 14.3 Å². The minimum atomic E-state index is -0.561. The molecule has 1 fully saturated rings. The van der Waals surface area contributed by atoms with Crippen molar-refractivity contribution in [2.75, 3.05) is 39.9 Å². The zero-order valence-corrected chi connectivity index (χ0v) is 32.8. The van der Waals surface area contributed by atoms with E-state index in [0.717, 1.165) is 56.0 Å². The number of carbonyl (C=O) groups is 2. The second-order valence-corrected chi connectivity index (χ2v) is 16.6. The Labute approximate surface area is 298 Å². The van der Waals surface area contributed by atoms with Crippen molar-refractivity contribution in [2.24, 2.45) is 5.92 Å². The van der Waals surface area contributed by atoms with Gasteiger partial charge in [0.15, 0.2) is 5.78 Å². The van der Waals surface area contributed by atoms with Crippen LogP contribution in [0.4, 0.5) is 4.79 Å². The molecule has 2 amide bonds. The van der Waals surface area contributed by atoms with Crippen LogP contribution in [0.5, 0.6) is 0 Å². The quantitative estimate of drug-likeness (QED) is 0.132. The number of nitrogens with zero attached hydrogens (tertiary/aromatic N) is 4. The van der Waals surface area contributed by atoms with Crippen LogP contribution in [0.25, 0.3) is 0 Å². The highest BCUT2D eigenvalue weighted by molar-refractivity contribution is 8.02. The van der Waals surface area contributed by atoms with Crippen molar-refractivity contribution >= 4 is 49.9 Å². The van der Waals surface area contributed by atoms with E-state index in [2.05, 4.69) is 101 Å². The summed E-state index contributed by atoms with van der Waals surface area (Å²) in [7, 11) is 8.15. The first-order valence-electron chi connectivity index (χ1n) is 17.1. The van der Waals surface area contributed by atoms with Gasteiger partial charge in [0, 0.05) is 50.4 Å². The highest BCUT2D eigenvalue weighted by Gasteiger charge is 2.28. The first kappa shape index (κ1) is 39.0. The van der Waals surface area contributed by atoms with Gasteiger partial charge in [-0.1, -0.05) is 92.8 Å². The van der Waals surface area contributed by atoms with Gasteiger partial charge in [0.1, 0.15) is 0 Å². The summed E-state index contributed by atoms with van der Waals surface area (Å²) in [5, 5.41) is 6.23. The number of thiazole rings is 1. The minimum absolute atomic E-state index is 0.108. The number of hydrogen-bond donors (Lipinski definition) is 1. The molecule has 0 bridgehead atoms. The molecular formula is C36H54N5O3P3S. The van der Waals surface area contributed by atoms with Crippen molar-refractivity contribution in [2.45, 2.75) is 76.9 Å². The third kappa shape index (κ3) is 13.1. The third-order valence-electron chi connectivity index (χ3n) is 8.96. The zero-order chi connectivity index (χ0) is 34.3. The van der Waals surface area contributed by atoms with Crippen LogP contribution in [-0.2, 0) is 28.9 Å². The molecule has 0 radical (unpaired) electrons. The van der Waals surface area contributed by atoms with Gasteiger partial charge in [-0.2, -0.15) is 0 Å². The van der Waals surface area contributed by atoms with Crippen LogP contribution in [0.2, 0.25) is 0 Å². The lowest BCUT2D eigenvalue weighted by Gasteiger charge is -2.30. The summed E-state index contributed by atoms with van der Waals surface area (Å²) in [6.07, 6.45) is 4.69. The van der Waals surface area contributed by atoms with Gasteiger partial charge in [-0.05, 0) is 57.6 Å². The van der Waals surface area contributed by atoms with Gasteiger partial charge in [-0.25, -0.2) is 9.78 Å². The maximum atomic E-state index is 14.2. The summed E-state index contributed by atoms with van der Waals surface area (Å²) < 4.78 is 7.88. The van der Waals surface area contributed by atoms with Gasteiger partial charge in [0.05, 0.1) is 36.5 Å². The summed E-state index contributed by atoms with van der Waals surface area (Å²) in [6, 6.07) is 20.7. The lowest BCUT2D eigenvalue weighted by molar-refractivity contribution is -0.122. The Morgan fingerprint density at radius 3 is 2.25 bits per heavy atom. The van der Waals surface area contributed by atoms with E-state index in [1.807, 2.05) is 11.4 Å². The topological polar surface area (TPSA) is 78.0 Å². The second-order valence-electron chi connectivity index (χ2n) is 13.1. The van der Waals surface area contributed by atoms with Crippen LogP contribution in [-0.4, -0.2) is 83.0 Å². The number of nitrogens with one attached hydrogen (secondary N) is 1. The Hall–Kier alpha value is -1.82. The number of carbonyl (C=O) groups excluding carboxylic acids is 2. The van der Waals surface area contributed by atoms with Gasteiger partial charge < -0.3 is 15.0 Å². The Balaban J connectivity index is 1.47. The molecule has 2 heterocycles. The molecule has 1 aliphatic rings. The molecule has 0 aliphatic carbocycles. The molecule has 1 aromatic heterocycles. The fourth-order valence-corrected chi connectivity index (χ4v) is 8.24. The molecule has 3 unspecified atom stereocenters. The number of benzene rings is 2. The molecule has 1 N–H and O–H groups in total. The maximum absolute atomic E-state index is 14.2. The van der Waals surface area contributed by atoms with Crippen LogP contribution in [0, 0.1) is 5.92 Å². The molecule has 1 saturated heterocycles. The van der Waals surface area contributed by atoms with Gasteiger partial charge in [-0.15, -0.1) is 11.3 Å². The molecule has 0 spiro atoms. The van der Waals surface area contributed by atoms with Gasteiger partial charge in [0.25, 0.3) is 0 Å². The number of hydrogen-bond acceptors (Lipinski definition) is 7. The molecule has 48 heavy (non-hydrogen) atoms. The molecule has 262 valence electrons. The molecule has 3 aromatic rings. The van der Waals surface area contributed by atoms with Crippen molar-refractivity contribution in [3.8, 4) is 0 Å². The van der Waals surface area contributed by atoms with E-state index in [4.69, 9.17) is 9.72 Å². The van der Waals surface area contributed by atoms with E-state index in [9.17, 15) is 9.59 Å². The first-order valence-corrected chi connectivity index (χ1v) is 21.2. The van der Waals surface area contributed by atoms with Gasteiger partial charge >= 0.3 is 6.03 Å². The van der Waals surface area contributed by atoms with E-state index in [-0.39, 0.29) is 17.7 Å². The second kappa shape index (κ2) is 20.8. The number of urea groups is 1. The lowest BCUT2D eigenvalue weighted by Crippen LogP contribution is -2.49. The lowest BCUT2D eigenvalue weighted by atomic mass is 9.86. The van der Waals surface area contributed by atoms with Crippen molar-refractivity contribution in [1.82, 2.24) is 24.5 Å². The molecule has 8 nitrogen and oxygen atoms in total. The SMILES string of the molecule is CC(C)c1nc(CN(C)C(=O)N[C@@H](CCN2CCOCC2)C(=O)C[C@H](CC[C@H](Cc2ccccc2)N(P)PP)Cc2ccccc2)cs1. The smallest absolute Gasteiger partial charge is 0.318 e. The molecule has 6 atom stereocenters. The van der Waals surface area contributed by atoms with Gasteiger partial charge in [0.2, 0.25) is 0 Å². The van der Waals surface area contributed by atoms with E-state index in [1.165, 1.54) is 11.1 Å². The summed E-state index contributed by atoms with van der Waals surface area (Å²) in [5.74, 6) is 0.620. The van der Waals surface area contributed by atoms with E-state index in [1.54, 1.807) is 23.3 Å². The van der Waals surface area contributed by atoms with Crippen molar-refractivity contribution in [3.05, 3.63) is 87.9 Å². The number of rotatable bonds is 19. The number of amides is 2. The fraction of sp³-hybridized carbons (Fsp3) is 0.528. The van der Waals surface area contributed by atoms with Crippen LogP contribution in [0.1, 0.15) is 67.3 Å². The average molecular weight is 730 g/mol. The zero-order valence-electron chi connectivity index (χ0n) is 28.7. The van der Waals surface area contributed by atoms with E-state index < -0.39 is 6.04 Å². The van der Waals surface area contributed by atoms with E-state index >= 15 is 0 Å². The Kier molecular flexibility index (Phi) is 16.9. The largest absolute Gasteiger partial charge is 0.379 e. The predicted octanol–water partition coefficient (Wildman–Crippen LogP) is 7.18. The standard InChI is InChI=1S/C36H54N5O3P3S/c1-27(2)35-37-31(26-48-35)25-39(3)36(43)38-33(16-17-40-18-20-44-21-19-40)34(42)24-30(22-28-10-6-4-7-11-28)14-15-32(41(45)47-46)23-29-12-8-5-9-13-29/h4-13,26-27,30,32-33,47H,14-25,45-46H2,1-3H3,(H,38,43)/t30-,32-,33+/m1/s1. The predicted molar refractivity (Wildman–Crippen MR) is 208 cm³/mol. The molecule has 0 saturated carbocycles. The molecule has 1 aliphatic heterocycles. The van der Waals surface area contributed by atoms with Gasteiger partial charge in [-0.3, -0.25) is 14.1 Å². The third-order valence-corrected chi connectivity index (χ3v) is 13.5. The number of Topliss-reactive ketones (excluding diaryl/α,β-unsaturated/α-hetero) is 1. The van der Waals surface area contributed by atoms with Crippen LogP contribution in [0.3, 0.4) is 0 Å². The molecule has 4 rings (SSSR count). The summed E-state index contributed by atoms with van der Waals surface area (Å²) in [4.78, 5) is 36.4. The summed E-state index contributed by atoms with van der Waals surface area (Å²) in [5.41, 5.74) is 3.44. The van der Waals surface area contributed by atoms with Crippen LogP contribution < -0.4 is 5.32 Å². The number of aromatic nitrogens is 1. The van der Waals surface area contributed by atoms with Crippen LogP contribution in [0.15, 0.2) is 66.0 Å². The normalized spacial score (nSPS) is 16.0. The monoisotopic (exact) mass is 729 g/mol. The molecular weight excluding hydrogens is 675 g/mol. The Morgan fingerprint density at radius 2 is 1.65 bits per heavy atom. The highest BCUT2D eigenvalue weighted by atomic mass is 32.1. The Morgan fingerprint density at radius 1 is 1.00 bits per heavy atom. The number of ether oxygens (including phenoxy) is 1. The first-order chi connectivity index (χ1) is 23.2. The minimum Gasteiger partial charge on any atom is -0.379 e.